The molecule has 1 atom stereocenters. The van der Waals surface area contributed by atoms with Crippen LogP contribution in [0.4, 0.5) is 11.4 Å². The maximum absolute atomic E-state index is 12.4. The Morgan fingerprint density at radius 2 is 1.68 bits per heavy atom. The normalized spacial score (nSPS) is 13.2. The number of ether oxygens (including phenoxy) is 2. The summed E-state index contributed by atoms with van der Waals surface area (Å²) in [5.74, 6) is 1.10. The number of fused-ring (bicyclic) bond motifs is 1. The number of anilines is 2. The smallest absolute Gasteiger partial charge is 0.237 e. The Labute approximate surface area is 149 Å². The van der Waals surface area contributed by atoms with Crippen molar-refractivity contribution in [2.75, 3.05) is 17.4 Å². The van der Waals surface area contributed by atoms with Gasteiger partial charge in [-0.1, -0.05) is 0 Å². The van der Waals surface area contributed by atoms with Crippen LogP contribution in [-0.4, -0.2) is 23.9 Å². The maximum Gasteiger partial charge on any atom is 0.237 e. The van der Waals surface area contributed by atoms with Crippen molar-refractivity contribution in [2.45, 2.75) is 24.0 Å². The van der Waals surface area contributed by atoms with Gasteiger partial charge in [0.1, 0.15) is 0 Å². The third-order valence-corrected chi connectivity index (χ3v) is 4.61. The number of nitrogens with one attached hydrogen (secondary N) is 2. The van der Waals surface area contributed by atoms with E-state index in [9.17, 15) is 9.59 Å². The highest BCUT2D eigenvalue weighted by molar-refractivity contribution is 8.00. The van der Waals surface area contributed by atoms with Crippen LogP contribution in [0.3, 0.4) is 0 Å². The number of amides is 2. The SMILES string of the molecule is CC(=O)Nc1ccc(S[C@H](C)C(=O)Nc2ccc3c(c2)OCO3)cc1. The van der Waals surface area contributed by atoms with Gasteiger partial charge in [0.25, 0.3) is 0 Å². The van der Waals surface area contributed by atoms with Crippen molar-refractivity contribution in [1.29, 1.82) is 0 Å². The van der Waals surface area contributed by atoms with Crippen LogP contribution < -0.4 is 20.1 Å². The first-order valence-electron chi connectivity index (χ1n) is 7.76. The van der Waals surface area contributed by atoms with Crippen molar-refractivity contribution in [3.05, 3.63) is 42.5 Å². The quantitative estimate of drug-likeness (QED) is 0.800. The molecule has 0 bridgehead atoms. The van der Waals surface area contributed by atoms with E-state index in [4.69, 9.17) is 9.47 Å². The Morgan fingerprint density at radius 3 is 2.40 bits per heavy atom. The topological polar surface area (TPSA) is 76.7 Å². The van der Waals surface area contributed by atoms with Crippen molar-refractivity contribution < 1.29 is 19.1 Å². The van der Waals surface area contributed by atoms with E-state index < -0.39 is 0 Å². The zero-order valence-corrected chi connectivity index (χ0v) is 14.7. The van der Waals surface area contributed by atoms with Gasteiger partial charge in [-0.2, -0.15) is 0 Å². The molecule has 3 rings (SSSR count). The van der Waals surface area contributed by atoms with Crippen LogP contribution in [0.5, 0.6) is 11.5 Å². The van der Waals surface area contributed by atoms with Crippen molar-refractivity contribution in [3.8, 4) is 11.5 Å². The zero-order valence-electron chi connectivity index (χ0n) is 13.9. The standard InChI is InChI=1S/C18H18N2O4S/c1-11(25-15-6-3-13(4-7-15)19-12(2)21)18(22)20-14-5-8-16-17(9-14)24-10-23-16/h3-9,11H,10H2,1-2H3,(H,19,21)(H,20,22)/t11-/m1/s1. The molecule has 2 amide bonds. The number of carbonyl (C=O) groups is 2. The monoisotopic (exact) mass is 358 g/mol. The van der Waals surface area contributed by atoms with Crippen molar-refractivity contribution in [3.63, 3.8) is 0 Å². The lowest BCUT2D eigenvalue weighted by Gasteiger charge is -2.13. The average molecular weight is 358 g/mol. The van der Waals surface area contributed by atoms with Crippen molar-refractivity contribution in [1.82, 2.24) is 0 Å². The molecule has 2 aromatic rings. The Kier molecular flexibility index (Phi) is 5.14. The molecule has 1 aliphatic heterocycles. The second-order valence-electron chi connectivity index (χ2n) is 5.52. The molecule has 0 fully saturated rings. The van der Waals surface area contributed by atoms with Gasteiger partial charge in [0.15, 0.2) is 11.5 Å². The molecule has 0 saturated heterocycles. The molecule has 0 aromatic heterocycles. The second kappa shape index (κ2) is 7.48. The summed E-state index contributed by atoms with van der Waals surface area (Å²) in [5.41, 5.74) is 1.40. The summed E-state index contributed by atoms with van der Waals surface area (Å²) in [6.07, 6.45) is 0. The molecular weight excluding hydrogens is 340 g/mol. The number of benzene rings is 2. The van der Waals surface area contributed by atoms with Gasteiger partial charge in [-0.05, 0) is 43.3 Å². The summed E-state index contributed by atoms with van der Waals surface area (Å²) in [4.78, 5) is 24.3. The largest absolute Gasteiger partial charge is 0.454 e. The molecule has 2 N–H and O–H groups in total. The van der Waals surface area contributed by atoms with Crippen molar-refractivity contribution >= 4 is 35.0 Å². The molecular formula is C18H18N2O4S. The lowest BCUT2D eigenvalue weighted by molar-refractivity contribution is -0.115. The lowest BCUT2D eigenvalue weighted by Crippen LogP contribution is -2.22. The minimum Gasteiger partial charge on any atom is -0.454 e. The van der Waals surface area contributed by atoms with Gasteiger partial charge < -0.3 is 20.1 Å². The highest BCUT2D eigenvalue weighted by atomic mass is 32.2. The van der Waals surface area contributed by atoms with Crippen LogP contribution in [0.15, 0.2) is 47.4 Å². The number of thioether (sulfide) groups is 1. The fourth-order valence-corrected chi connectivity index (χ4v) is 3.16. The number of hydrogen-bond donors (Lipinski definition) is 2. The van der Waals surface area contributed by atoms with Gasteiger partial charge in [-0.3, -0.25) is 9.59 Å². The molecule has 7 heteroatoms. The highest BCUT2D eigenvalue weighted by Gasteiger charge is 2.17. The first kappa shape index (κ1) is 17.2. The number of hydrogen-bond acceptors (Lipinski definition) is 5. The zero-order chi connectivity index (χ0) is 17.8. The van der Waals surface area contributed by atoms with Crippen LogP contribution in [0.2, 0.25) is 0 Å². The fourth-order valence-electron chi connectivity index (χ4n) is 2.30. The molecule has 1 heterocycles. The first-order valence-corrected chi connectivity index (χ1v) is 8.64. The minimum atomic E-state index is -0.281. The van der Waals surface area contributed by atoms with Gasteiger partial charge in [-0.25, -0.2) is 0 Å². The molecule has 25 heavy (non-hydrogen) atoms. The van der Waals surface area contributed by atoms with E-state index in [1.54, 1.807) is 18.2 Å². The molecule has 0 spiro atoms. The number of rotatable bonds is 5. The van der Waals surface area contributed by atoms with E-state index in [0.717, 1.165) is 10.6 Å². The molecule has 0 saturated carbocycles. The summed E-state index contributed by atoms with van der Waals surface area (Å²) in [6, 6.07) is 12.7. The average Bonchev–Trinajstić information content (AvgIpc) is 3.03. The Bertz CT molecular complexity index is 792. The summed E-state index contributed by atoms with van der Waals surface area (Å²) < 4.78 is 10.6. The van der Waals surface area contributed by atoms with Gasteiger partial charge in [0.05, 0.1) is 5.25 Å². The summed E-state index contributed by atoms with van der Waals surface area (Å²) in [5, 5.41) is 5.31. The first-order chi connectivity index (χ1) is 12.0. The highest BCUT2D eigenvalue weighted by Crippen LogP contribution is 2.34. The van der Waals surface area contributed by atoms with E-state index in [1.807, 2.05) is 31.2 Å². The lowest BCUT2D eigenvalue weighted by atomic mass is 10.2. The minimum absolute atomic E-state index is 0.102. The van der Waals surface area contributed by atoms with Crippen LogP contribution in [0, 0.1) is 0 Å². The number of carbonyl (C=O) groups excluding carboxylic acids is 2. The van der Waals surface area contributed by atoms with Crippen LogP contribution in [0.25, 0.3) is 0 Å². The van der Waals surface area contributed by atoms with E-state index in [-0.39, 0.29) is 23.9 Å². The Balaban J connectivity index is 1.58. The Hall–Kier alpha value is -2.67. The van der Waals surface area contributed by atoms with Gasteiger partial charge >= 0.3 is 0 Å². The van der Waals surface area contributed by atoms with Crippen molar-refractivity contribution in [2.24, 2.45) is 0 Å². The molecule has 0 radical (unpaired) electrons. The summed E-state index contributed by atoms with van der Waals surface area (Å²) >= 11 is 1.44. The molecule has 6 nitrogen and oxygen atoms in total. The van der Waals surface area contributed by atoms with E-state index in [1.165, 1.54) is 18.7 Å². The van der Waals surface area contributed by atoms with Gasteiger partial charge in [0, 0.05) is 29.3 Å². The van der Waals surface area contributed by atoms with E-state index in [2.05, 4.69) is 10.6 Å². The molecule has 0 aliphatic carbocycles. The van der Waals surface area contributed by atoms with E-state index in [0.29, 0.717) is 17.2 Å². The Morgan fingerprint density at radius 1 is 1.00 bits per heavy atom. The molecule has 0 unspecified atom stereocenters. The second-order valence-corrected chi connectivity index (χ2v) is 6.94. The van der Waals surface area contributed by atoms with E-state index >= 15 is 0 Å². The third-order valence-electron chi connectivity index (χ3n) is 3.50. The molecule has 1 aliphatic rings. The fraction of sp³-hybridized carbons (Fsp3) is 0.222. The maximum atomic E-state index is 12.4. The van der Waals surface area contributed by atoms with Crippen LogP contribution in [-0.2, 0) is 9.59 Å². The van der Waals surface area contributed by atoms with Gasteiger partial charge in [0.2, 0.25) is 18.6 Å². The molecule has 130 valence electrons. The van der Waals surface area contributed by atoms with Crippen LogP contribution in [0.1, 0.15) is 13.8 Å². The predicted octanol–water partition coefficient (Wildman–Crippen LogP) is 3.49. The predicted molar refractivity (Wildman–Crippen MR) is 97.3 cm³/mol. The molecule has 2 aromatic carbocycles. The summed E-state index contributed by atoms with van der Waals surface area (Å²) in [7, 11) is 0. The third kappa shape index (κ3) is 4.45. The van der Waals surface area contributed by atoms with Gasteiger partial charge in [-0.15, -0.1) is 11.8 Å². The van der Waals surface area contributed by atoms with Crippen LogP contribution >= 0.6 is 11.8 Å². The summed E-state index contributed by atoms with van der Waals surface area (Å²) in [6.45, 7) is 3.51.